The van der Waals surface area contributed by atoms with Gasteiger partial charge in [-0.05, 0) is 48.4 Å². The van der Waals surface area contributed by atoms with Gasteiger partial charge in [0.25, 0.3) is 0 Å². The molecule has 2 N–H and O–H groups in total. The number of aryl methyl sites for hydroxylation is 1. The summed E-state index contributed by atoms with van der Waals surface area (Å²) in [5.41, 5.74) is 2.54. The van der Waals surface area contributed by atoms with E-state index >= 15 is 0 Å². The fraction of sp³-hybridized carbons (Fsp3) is 0.296. The van der Waals surface area contributed by atoms with Crippen molar-refractivity contribution in [1.82, 2.24) is 9.97 Å². The first kappa shape index (κ1) is 27.1. The van der Waals surface area contributed by atoms with E-state index in [4.69, 9.17) is 26.1 Å². The molecule has 3 heterocycles. The monoisotopic (exact) mass is 557 g/mol. The lowest BCUT2D eigenvalue weighted by atomic mass is 10.0. The van der Waals surface area contributed by atoms with E-state index in [9.17, 15) is 9.90 Å². The predicted molar refractivity (Wildman–Crippen MR) is 151 cm³/mol. The van der Waals surface area contributed by atoms with Crippen LogP contribution in [0.3, 0.4) is 0 Å². The van der Waals surface area contributed by atoms with Gasteiger partial charge in [0.1, 0.15) is 23.7 Å². The molecule has 0 spiro atoms. The molecule has 0 fully saturated rings. The van der Waals surface area contributed by atoms with E-state index in [1.165, 1.54) is 22.7 Å². The Morgan fingerprint density at radius 1 is 1.19 bits per heavy atom. The van der Waals surface area contributed by atoms with Crippen molar-refractivity contribution >= 4 is 51.2 Å². The quantitative estimate of drug-likeness (QED) is 0.173. The average Bonchev–Trinajstić information content (AvgIpc) is 3.55. The summed E-state index contributed by atoms with van der Waals surface area (Å²) >= 11 is 9.39. The zero-order valence-corrected chi connectivity index (χ0v) is 23.2. The molecule has 10 heteroatoms. The zero-order valence-electron chi connectivity index (χ0n) is 20.8. The van der Waals surface area contributed by atoms with Gasteiger partial charge in [-0.15, -0.1) is 22.7 Å². The first-order valence-corrected chi connectivity index (χ1v) is 13.9. The summed E-state index contributed by atoms with van der Waals surface area (Å²) in [4.78, 5) is 23.4. The Kier molecular flexibility index (Phi) is 9.15. The highest BCUT2D eigenvalue weighted by atomic mass is 35.5. The highest BCUT2D eigenvalue weighted by Gasteiger charge is 2.19. The molecule has 4 rings (SSSR count). The molecule has 7 nitrogen and oxygen atoms in total. The molecular formula is C27H28ClN3O4S2. The number of aromatic carboxylic acids is 1. The number of nitrogens with one attached hydrogen (secondary N) is 1. The number of thiazole rings is 1. The smallest absolute Gasteiger partial charge is 0.339 e. The van der Waals surface area contributed by atoms with Gasteiger partial charge in [0, 0.05) is 34.2 Å². The number of carboxylic acid groups (broad SMARTS) is 1. The molecular weight excluding hydrogens is 530 g/mol. The number of thiophene rings is 1. The van der Waals surface area contributed by atoms with Crippen LogP contribution in [0.15, 0.2) is 48.0 Å². The number of anilines is 2. The summed E-state index contributed by atoms with van der Waals surface area (Å²) in [5, 5.41) is 16.1. The maximum absolute atomic E-state index is 12.1. The molecule has 0 saturated heterocycles. The van der Waals surface area contributed by atoms with Crippen molar-refractivity contribution in [2.45, 2.75) is 26.7 Å². The number of methoxy groups -OCH3 is 1. The van der Waals surface area contributed by atoms with Gasteiger partial charge in [0.05, 0.1) is 17.3 Å². The lowest BCUT2D eigenvalue weighted by molar-refractivity contribution is 0.0697. The van der Waals surface area contributed by atoms with Crippen molar-refractivity contribution in [2.24, 2.45) is 5.92 Å². The molecule has 4 aromatic rings. The molecule has 0 aliphatic rings. The standard InChI is InChI=1S/C27H28ClN3O4S2/c1-16(2)6-9-23-24(17-7-8-20(28)21(14-17)35-11-10-34-3)30-27(37-23)31-25-19(26(32)33)13-18(15-29-25)22-5-4-12-36-22/h4-5,7-8,12-16H,6,9-11H2,1-3H3,(H,32,33)(H,29,30,31). The van der Waals surface area contributed by atoms with E-state index < -0.39 is 5.97 Å². The minimum atomic E-state index is -1.05. The lowest BCUT2D eigenvalue weighted by Crippen LogP contribution is -2.05. The van der Waals surface area contributed by atoms with Crippen LogP contribution in [0.4, 0.5) is 10.9 Å². The Hall–Kier alpha value is -2.98. The van der Waals surface area contributed by atoms with Gasteiger partial charge in [0.2, 0.25) is 0 Å². The van der Waals surface area contributed by atoms with Crippen LogP contribution in [0.5, 0.6) is 5.75 Å². The number of halogens is 1. The third-order valence-corrected chi connectivity index (χ3v) is 7.81. The number of benzene rings is 1. The predicted octanol–water partition coefficient (Wildman–Crippen LogP) is 7.64. The Morgan fingerprint density at radius 2 is 2.03 bits per heavy atom. The van der Waals surface area contributed by atoms with Crippen molar-refractivity contribution in [3.05, 3.63) is 63.4 Å². The summed E-state index contributed by atoms with van der Waals surface area (Å²) < 4.78 is 10.9. The van der Waals surface area contributed by atoms with Crippen LogP contribution < -0.4 is 10.1 Å². The normalized spacial score (nSPS) is 11.2. The van der Waals surface area contributed by atoms with E-state index in [0.717, 1.165) is 39.4 Å². The molecule has 0 aliphatic carbocycles. The highest BCUT2D eigenvalue weighted by Crippen LogP contribution is 2.38. The lowest BCUT2D eigenvalue weighted by Gasteiger charge is -2.10. The molecule has 0 radical (unpaired) electrons. The van der Waals surface area contributed by atoms with Crippen molar-refractivity contribution in [3.8, 4) is 27.4 Å². The van der Waals surface area contributed by atoms with Crippen molar-refractivity contribution in [2.75, 3.05) is 25.6 Å². The third kappa shape index (κ3) is 6.87. The van der Waals surface area contributed by atoms with E-state index in [1.807, 2.05) is 29.6 Å². The van der Waals surface area contributed by atoms with Crippen LogP contribution in [-0.2, 0) is 11.2 Å². The number of hydrogen-bond acceptors (Lipinski definition) is 8. The second kappa shape index (κ2) is 12.5. The SMILES string of the molecule is COCCOc1cc(-c2nc(Nc3ncc(-c4cccs4)cc3C(=O)O)sc2CCC(C)C)ccc1Cl. The number of aromatic nitrogens is 2. The van der Waals surface area contributed by atoms with Crippen LogP contribution >= 0.6 is 34.3 Å². The number of nitrogens with zero attached hydrogens (tertiary/aromatic N) is 2. The Bertz CT molecular complexity index is 1360. The second-order valence-corrected chi connectivity index (χ2v) is 11.2. The van der Waals surface area contributed by atoms with Gasteiger partial charge in [-0.3, -0.25) is 0 Å². The Morgan fingerprint density at radius 3 is 2.73 bits per heavy atom. The maximum atomic E-state index is 12.1. The molecule has 194 valence electrons. The minimum absolute atomic E-state index is 0.0895. The number of carboxylic acids is 1. The molecule has 37 heavy (non-hydrogen) atoms. The summed E-state index contributed by atoms with van der Waals surface area (Å²) in [7, 11) is 1.62. The van der Waals surface area contributed by atoms with Crippen LogP contribution in [0, 0.1) is 5.92 Å². The number of rotatable bonds is 12. The Labute approximate surface area is 229 Å². The fourth-order valence-electron chi connectivity index (χ4n) is 3.62. The van der Waals surface area contributed by atoms with E-state index in [0.29, 0.717) is 35.0 Å². The van der Waals surface area contributed by atoms with Gasteiger partial charge in [-0.25, -0.2) is 14.8 Å². The summed E-state index contributed by atoms with van der Waals surface area (Å²) in [6, 6.07) is 11.1. The summed E-state index contributed by atoms with van der Waals surface area (Å²) in [6.45, 7) is 5.20. The maximum Gasteiger partial charge on any atom is 0.339 e. The number of pyridine rings is 1. The van der Waals surface area contributed by atoms with Crippen LogP contribution in [0.1, 0.15) is 35.5 Å². The molecule has 0 saturated carbocycles. The summed E-state index contributed by atoms with van der Waals surface area (Å²) in [5.74, 6) is 0.283. The first-order chi connectivity index (χ1) is 17.9. The average molecular weight is 558 g/mol. The van der Waals surface area contributed by atoms with Crippen molar-refractivity contribution < 1.29 is 19.4 Å². The summed E-state index contributed by atoms with van der Waals surface area (Å²) in [6.07, 6.45) is 3.51. The van der Waals surface area contributed by atoms with Crippen molar-refractivity contribution in [1.29, 1.82) is 0 Å². The van der Waals surface area contributed by atoms with Crippen LogP contribution in [0.25, 0.3) is 21.7 Å². The van der Waals surface area contributed by atoms with Gasteiger partial charge in [-0.2, -0.15) is 0 Å². The zero-order chi connectivity index (χ0) is 26.4. The number of carbonyl (C=O) groups is 1. The van der Waals surface area contributed by atoms with E-state index in [1.54, 1.807) is 25.4 Å². The number of ether oxygens (including phenoxy) is 2. The fourth-order valence-corrected chi connectivity index (χ4v) is 5.50. The minimum Gasteiger partial charge on any atom is -0.490 e. The Balaban J connectivity index is 1.67. The van der Waals surface area contributed by atoms with Crippen LogP contribution in [-0.4, -0.2) is 41.4 Å². The first-order valence-electron chi connectivity index (χ1n) is 11.8. The van der Waals surface area contributed by atoms with Gasteiger partial charge in [0.15, 0.2) is 5.13 Å². The largest absolute Gasteiger partial charge is 0.490 e. The molecule has 0 unspecified atom stereocenters. The second-order valence-electron chi connectivity index (χ2n) is 8.74. The molecule has 0 bridgehead atoms. The molecule has 1 aromatic carbocycles. The number of hydrogen-bond donors (Lipinski definition) is 2. The van der Waals surface area contributed by atoms with Gasteiger partial charge >= 0.3 is 5.97 Å². The molecule has 0 atom stereocenters. The molecule has 3 aromatic heterocycles. The van der Waals surface area contributed by atoms with E-state index in [-0.39, 0.29) is 11.4 Å². The van der Waals surface area contributed by atoms with E-state index in [2.05, 4.69) is 24.1 Å². The third-order valence-electron chi connectivity index (χ3n) is 5.54. The van der Waals surface area contributed by atoms with Crippen molar-refractivity contribution in [3.63, 3.8) is 0 Å². The molecule has 0 aliphatic heterocycles. The van der Waals surface area contributed by atoms with Gasteiger partial charge in [-0.1, -0.05) is 37.6 Å². The molecule has 0 amide bonds. The van der Waals surface area contributed by atoms with Gasteiger partial charge < -0.3 is 19.9 Å². The van der Waals surface area contributed by atoms with Crippen LogP contribution in [0.2, 0.25) is 5.02 Å². The topological polar surface area (TPSA) is 93.6 Å². The highest BCUT2D eigenvalue weighted by molar-refractivity contribution is 7.16.